The van der Waals surface area contributed by atoms with Gasteiger partial charge in [0.25, 0.3) is 0 Å². The molecule has 0 spiro atoms. The molecule has 1 aromatic rings. The number of aromatic nitrogens is 3. The third-order valence-corrected chi connectivity index (χ3v) is 6.06. The Morgan fingerprint density at radius 3 is 2.86 bits per heavy atom. The Bertz CT molecular complexity index is 639. The molecule has 0 saturated carbocycles. The van der Waals surface area contributed by atoms with Crippen LogP contribution in [0.15, 0.2) is 0 Å². The van der Waals surface area contributed by atoms with Crippen LogP contribution in [0.1, 0.15) is 31.4 Å². The maximum atomic E-state index is 12.2. The first-order valence-electron chi connectivity index (χ1n) is 7.40. The molecule has 0 bridgehead atoms. The van der Waals surface area contributed by atoms with Crippen molar-refractivity contribution in [3.63, 3.8) is 0 Å². The predicted octanol–water partition coefficient (Wildman–Crippen LogP) is -0.294. The molecule has 1 N–H and O–H groups in total. The molecular weight excluding hydrogens is 292 g/mol. The van der Waals surface area contributed by atoms with E-state index in [-0.39, 0.29) is 29.4 Å². The lowest BCUT2D eigenvalue weighted by molar-refractivity contribution is -0.125. The van der Waals surface area contributed by atoms with Gasteiger partial charge in [0, 0.05) is 25.4 Å². The van der Waals surface area contributed by atoms with Crippen molar-refractivity contribution in [1.29, 1.82) is 0 Å². The Morgan fingerprint density at radius 2 is 2.19 bits per heavy atom. The van der Waals surface area contributed by atoms with Crippen molar-refractivity contribution in [2.45, 2.75) is 45.2 Å². The standard InChI is InChI=1S/C13H20N4O3S/c1-2-11-15-16-12-4-3-10(7-17(11)12)14-13(18)9-5-6-21(19,20)8-9/h9-10H,2-8H2,1H3,(H,14,18)/t9-,10+/m1/s1. The molecule has 8 heteroatoms. The van der Waals surface area contributed by atoms with E-state index in [0.717, 1.165) is 30.9 Å². The number of nitrogens with one attached hydrogen (secondary N) is 1. The van der Waals surface area contributed by atoms with Crippen LogP contribution < -0.4 is 5.32 Å². The number of carbonyl (C=O) groups excluding carboxylic acids is 1. The van der Waals surface area contributed by atoms with Crippen LogP contribution in [-0.4, -0.2) is 46.6 Å². The molecule has 1 aromatic heterocycles. The van der Waals surface area contributed by atoms with E-state index >= 15 is 0 Å². The zero-order valence-electron chi connectivity index (χ0n) is 12.1. The minimum absolute atomic E-state index is 0.0103. The van der Waals surface area contributed by atoms with Crippen LogP contribution in [0.2, 0.25) is 0 Å². The topological polar surface area (TPSA) is 93.9 Å². The van der Waals surface area contributed by atoms with Crippen molar-refractivity contribution < 1.29 is 13.2 Å². The van der Waals surface area contributed by atoms with Crippen LogP contribution in [0, 0.1) is 5.92 Å². The SMILES string of the molecule is CCc1nnc2n1C[C@@H](NC(=O)[C@@H]1CCS(=O)(=O)C1)CC2. The van der Waals surface area contributed by atoms with Gasteiger partial charge in [-0.3, -0.25) is 4.79 Å². The van der Waals surface area contributed by atoms with Gasteiger partial charge < -0.3 is 9.88 Å². The van der Waals surface area contributed by atoms with Gasteiger partial charge in [0.05, 0.1) is 17.4 Å². The number of hydrogen-bond donors (Lipinski definition) is 1. The highest BCUT2D eigenvalue weighted by Crippen LogP contribution is 2.20. The van der Waals surface area contributed by atoms with E-state index in [9.17, 15) is 13.2 Å². The summed E-state index contributed by atoms with van der Waals surface area (Å²) in [5.41, 5.74) is 0. The van der Waals surface area contributed by atoms with Crippen molar-refractivity contribution in [2.24, 2.45) is 5.92 Å². The smallest absolute Gasteiger partial charge is 0.224 e. The lowest BCUT2D eigenvalue weighted by atomic mass is 10.0. The molecule has 0 unspecified atom stereocenters. The molecule has 0 radical (unpaired) electrons. The third kappa shape index (κ3) is 2.95. The number of carbonyl (C=O) groups is 1. The van der Waals surface area contributed by atoms with E-state index in [1.54, 1.807) is 0 Å². The molecule has 1 amide bonds. The van der Waals surface area contributed by atoms with Crippen molar-refractivity contribution >= 4 is 15.7 Å². The first-order chi connectivity index (χ1) is 9.98. The maximum Gasteiger partial charge on any atom is 0.224 e. The fourth-order valence-electron chi connectivity index (χ4n) is 3.08. The Balaban J connectivity index is 1.63. The zero-order valence-corrected chi connectivity index (χ0v) is 12.9. The average molecular weight is 312 g/mol. The molecule has 116 valence electrons. The fourth-order valence-corrected chi connectivity index (χ4v) is 4.82. The summed E-state index contributed by atoms with van der Waals surface area (Å²) in [6, 6.07) is 0.0367. The summed E-state index contributed by atoms with van der Waals surface area (Å²) in [6.45, 7) is 2.71. The van der Waals surface area contributed by atoms with Gasteiger partial charge >= 0.3 is 0 Å². The summed E-state index contributed by atoms with van der Waals surface area (Å²) in [7, 11) is -3.02. The quantitative estimate of drug-likeness (QED) is 0.827. The van der Waals surface area contributed by atoms with E-state index < -0.39 is 9.84 Å². The first-order valence-corrected chi connectivity index (χ1v) is 9.22. The molecule has 0 aliphatic carbocycles. The highest BCUT2D eigenvalue weighted by Gasteiger charge is 2.34. The number of rotatable bonds is 3. The monoisotopic (exact) mass is 312 g/mol. The molecule has 1 fully saturated rings. The van der Waals surface area contributed by atoms with E-state index in [4.69, 9.17) is 0 Å². The molecule has 21 heavy (non-hydrogen) atoms. The Labute approximate surface area is 124 Å². The Morgan fingerprint density at radius 1 is 1.38 bits per heavy atom. The fraction of sp³-hybridized carbons (Fsp3) is 0.769. The molecule has 2 aliphatic heterocycles. The molecule has 2 atom stereocenters. The molecule has 2 aliphatic rings. The van der Waals surface area contributed by atoms with Gasteiger partial charge in [-0.15, -0.1) is 10.2 Å². The molecule has 0 aromatic carbocycles. The lowest BCUT2D eigenvalue weighted by Crippen LogP contribution is -2.44. The van der Waals surface area contributed by atoms with Crippen LogP contribution in [0.3, 0.4) is 0 Å². The Hall–Kier alpha value is -1.44. The number of sulfone groups is 1. The number of nitrogens with zero attached hydrogens (tertiary/aromatic N) is 3. The first kappa shape index (κ1) is 14.5. The second-order valence-corrected chi connectivity index (χ2v) is 8.07. The lowest BCUT2D eigenvalue weighted by Gasteiger charge is -2.26. The van der Waals surface area contributed by atoms with E-state index in [1.165, 1.54) is 0 Å². The molecule has 3 rings (SSSR count). The summed E-state index contributed by atoms with van der Waals surface area (Å²) in [6.07, 6.45) is 2.88. The molecule has 3 heterocycles. The number of hydrogen-bond acceptors (Lipinski definition) is 5. The summed E-state index contributed by atoms with van der Waals surface area (Å²) < 4.78 is 25.0. The summed E-state index contributed by atoms with van der Waals surface area (Å²) >= 11 is 0. The Kier molecular flexibility index (Phi) is 3.73. The van der Waals surface area contributed by atoms with Gasteiger partial charge in [-0.25, -0.2) is 8.42 Å². The molecule has 1 saturated heterocycles. The maximum absolute atomic E-state index is 12.2. The van der Waals surface area contributed by atoms with Crippen LogP contribution in [-0.2, 0) is 34.0 Å². The van der Waals surface area contributed by atoms with E-state index in [2.05, 4.69) is 20.1 Å². The number of amides is 1. The van der Waals surface area contributed by atoms with Gasteiger partial charge in [-0.05, 0) is 12.8 Å². The summed E-state index contributed by atoms with van der Waals surface area (Å²) in [5.74, 6) is 1.52. The minimum atomic E-state index is -3.02. The summed E-state index contributed by atoms with van der Waals surface area (Å²) in [5, 5.41) is 11.3. The zero-order chi connectivity index (χ0) is 15.0. The minimum Gasteiger partial charge on any atom is -0.351 e. The van der Waals surface area contributed by atoms with Crippen LogP contribution in [0.5, 0.6) is 0 Å². The third-order valence-electron chi connectivity index (χ3n) is 4.29. The van der Waals surface area contributed by atoms with Gasteiger partial charge in [0.1, 0.15) is 11.6 Å². The highest BCUT2D eigenvalue weighted by molar-refractivity contribution is 7.91. The van der Waals surface area contributed by atoms with Crippen molar-refractivity contribution in [2.75, 3.05) is 11.5 Å². The second kappa shape index (κ2) is 5.40. The van der Waals surface area contributed by atoms with Crippen molar-refractivity contribution in [3.05, 3.63) is 11.6 Å². The largest absolute Gasteiger partial charge is 0.351 e. The average Bonchev–Trinajstić information content (AvgIpc) is 3.01. The van der Waals surface area contributed by atoms with Gasteiger partial charge in [0.15, 0.2) is 9.84 Å². The van der Waals surface area contributed by atoms with Crippen LogP contribution in [0.4, 0.5) is 0 Å². The molecular formula is C13H20N4O3S. The second-order valence-electron chi connectivity index (χ2n) is 5.84. The van der Waals surface area contributed by atoms with Gasteiger partial charge in [-0.2, -0.15) is 0 Å². The van der Waals surface area contributed by atoms with Crippen LogP contribution in [0.25, 0.3) is 0 Å². The normalized spacial score (nSPS) is 27.3. The van der Waals surface area contributed by atoms with E-state index in [1.807, 2.05) is 6.92 Å². The van der Waals surface area contributed by atoms with Crippen molar-refractivity contribution in [1.82, 2.24) is 20.1 Å². The van der Waals surface area contributed by atoms with Gasteiger partial charge in [-0.1, -0.05) is 6.92 Å². The predicted molar refractivity (Wildman–Crippen MR) is 76.4 cm³/mol. The molecule has 7 nitrogen and oxygen atoms in total. The number of fused-ring (bicyclic) bond motifs is 1. The number of aryl methyl sites for hydroxylation is 2. The van der Waals surface area contributed by atoms with E-state index in [0.29, 0.717) is 13.0 Å². The van der Waals surface area contributed by atoms with Crippen molar-refractivity contribution in [3.8, 4) is 0 Å². The summed E-state index contributed by atoms with van der Waals surface area (Å²) in [4.78, 5) is 12.2. The highest BCUT2D eigenvalue weighted by atomic mass is 32.2. The van der Waals surface area contributed by atoms with Crippen LogP contribution >= 0.6 is 0 Å². The van der Waals surface area contributed by atoms with Gasteiger partial charge in [0.2, 0.25) is 5.91 Å².